The zero-order chi connectivity index (χ0) is 24.7. The molecule has 1 aromatic heterocycles. The lowest BCUT2D eigenvalue weighted by atomic mass is 9.95. The zero-order valence-electron chi connectivity index (χ0n) is 19.9. The first-order valence-electron chi connectivity index (χ1n) is 11.5. The van der Waals surface area contributed by atoms with E-state index in [0.717, 1.165) is 47.5 Å². The maximum atomic E-state index is 13.5. The minimum Gasteiger partial charge on any atom is -0.497 e. The fourth-order valence-corrected chi connectivity index (χ4v) is 5.61. The highest BCUT2D eigenvalue weighted by Gasteiger charge is 2.40. The largest absolute Gasteiger partial charge is 0.497 e. The molecular formula is C25H27N5O4S. The SMILES string of the molecule is COc1ccc2nc(NC(=O)CN3C(=O)[C@H]4CCCCN4c4ccc(C(=O)N(C)C)cc43)sc2c1. The van der Waals surface area contributed by atoms with Crippen LogP contribution in [0.15, 0.2) is 36.4 Å². The molecule has 3 aromatic rings. The molecule has 2 aromatic carbocycles. The van der Waals surface area contributed by atoms with E-state index < -0.39 is 0 Å². The van der Waals surface area contributed by atoms with Crippen LogP contribution in [-0.4, -0.2) is 67.9 Å². The predicted octanol–water partition coefficient (Wildman–Crippen LogP) is 3.35. The Morgan fingerprint density at radius 2 is 2.00 bits per heavy atom. The molecule has 5 rings (SSSR count). The van der Waals surface area contributed by atoms with Crippen molar-refractivity contribution in [2.75, 3.05) is 49.4 Å². The van der Waals surface area contributed by atoms with Crippen LogP contribution in [0.25, 0.3) is 10.2 Å². The van der Waals surface area contributed by atoms with Crippen molar-refractivity contribution in [2.24, 2.45) is 0 Å². The molecule has 2 aliphatic heterocycles. The molecule has 0 radical (unpaired) electrons. The minimum absolute atomic E-state index is 0.115. The van der Waals surface area contributed by atoms with E-state index >= 15 is 0 Å². The van der Waals surface area contributed by atoms with E-state index in [-0.39, 0.29) is 30.3 Å². The highest BCUT2D eigenvalue weighted by molar-refractivity contribution is 7.22. The van der Waals surface area contributed by atoms with Gasteiger partial charge in [0.25, 0.3) is 5.91 Å². The number of nitrogens with zero attached hydrogens (tertiary/aromatic N) is 4. The molecule has 9 nitrogen and oxygen atoms in total. The summed E-state index contributed by atoms with van der Waals surface area (Å²) in [5.41, 5.74) is 2.70. The highest BCUT2D eigenvalue weighted by Crippen LogP contribution is 2.40. The van der Waals surface area contributed by atoms with Gasteiger partial charge in [0, 0.05) is 26.2 Å². The molecule has 0 unspecified atom stereocenters. The van der Waals surface area contributed by atoms with Crippen LogP contribution in [0, 0.1) is 0 Å². The summed E-state index contributed by atoms with van der Waals surface area (Å²) in [6, 6.07) is 10.6. The number of hydrogen-bond acceptors (Lipinski definition) is 7. The standard InChI is InChI=1S/C25H27N5O4S/c1-28(2)23(32)15-7-10-18-20(12-15)30(24(33)19-6-4-5-11-29(18)19)14-22(31)27-25-26-17-9-8-16(34-3)13-21(17)35-25/h7-10,12-13,19H,4-6,11,14H2,1-3H3,(H,26,27,31)/t19-/m1/s1. The van der Waals surface area contributed by atoms with Gasteiger partial charge in [-0.15, -0.1) is 0 Å². The van der Waals surface area contributed by atoms with E-state index in [0.29, 0.717) is 16.4 Å². The number of anilines is 3. The van der Waals surface area contributed by atoms with Crippen LogP contribution in [0.1, 0.15) is 29.6 Å². The molecule has 1 fully saturated rings. The van der Waals surface area contributed by atoms with Crippen molar-refractivity contribution in [3.05, 3.63) is 42.0 Å². The summed E-state index contributed by atoms with van der Waals surface area (Å²) in [6.45, 7) is 0.620. The van der Waals surface area contributed by atoms with Gasteiger partial charge in [0.2, 0.25) is 11.8 Å². The van der Waals surface area contributed by atoms with Crippen molar-refractivity contribution in [2.45, 2.75) is 25.3 Å². The van der Waals surface area contributed by atoms with E-state index in [2.05, 4.69) is 15.2 Å². The number of nitrogens with one attached hydrogen (secondary N) is 1. The third kappa shape index (κ3) is 4.29. The van der Waals surface area contributed by atoms with Crippen LogP contribution in [0.4, 0.5) is 16.5 Å². The van der Waals surface area contributed by atoms with Crippen molar-refractivity contribution in [3.8, 4) is 5.75 Å². The van der Waals surface area contributed by atoms with Gasteiger partial charge in [-0.1, -0.05) is 11.3 Å². The fraction of sp³-hybridized carbons (Fsp3) is 0.360. The fourth-order valence-electron chi connectivity index (χ4n) is 4.70. The van der Waals surface area contributed by atoms with E-state index in [4.69, 9.17) is 4.74 Å². The van der Waals surface area contributed by atoms with Gasteiger partial charge in [-0.05, 0) is 55.7 Å². The summed E-state index contributed by atoms with van der Waals surface area (Å²) < 4.78 is 6.15. The third-order valence-electron chi connectivity index (χ3n) is 6.43. The summed E-state index contributed by atoms with van der Waals surface area (Å²) >= 11 is 1.35. The number of hydrogen-bond donors (Lipinski definition) is 1. The molecule has 1 saturated heterocycles. The lowest BCUT2D eigenvalue weighted by molar-refractivity contribution is -0.123. The van der Waals surface area contributed by atoms with Crippen molar-refractivity contribution in [1.82, 2.24) is 9.88 Å². The Morgan fingerprint density at radius 1 is 1.17 bits per heavy atom. The van der Waals surface area contributed by atoms with Gasteiger partial charge in [-0.2, -0.15) is 0 Å². The zero-order valence-corrected chi connectivity index (χ0v) is 20.7. The Balaban J connectivity index is 1.44. The first kappa shape index (κ1) is 23.1. The number of rotatable bonds is 5. The van der Waals surface area contributed by atoms with Crippen molar-refractivity contribution in [1.29, 1.82) is 0 Å². The van der Waals surface area contributed by atoms with Crippen molar-refractivity contribution < 1.29 is 19.1 Å². The Labute approximate surface area is 207 Å². The molecule has 3 amide bonds. The maximum Gasteiger partial charge on any atom is 0.253 e. The molecular weight excluding hydrogens is 466 g/mol. The number of aromatic nitrogens is 1. The molecule has 3 heterocycles. The number of methoxy groups -OCH3 is 1. The number of benzene rings is 2. The number of ether oxygens (including phenoxy) is 1. The van der Waals surface area contributed by atoms with E-state index in [1.807, 2.05) is 24.3 Å². The Hall–Kier alpha value is -3.66. The topological polar surface area (TPSA) is 95.1 Å². The number of amides is 3. The summed E-state index contributed by atoms with van der Waals surface area (Å²) in [5.74, 6) is 0.102. The molecule has 0 bridgehead atoms. The number of piperidine rings is 1. The van der Waals surface area contributed by atoms with Crippen molar-refractivity contribution >= 4 is 55.8 Å². The smallest absolute Gasteiger partial charge is 0.253 e. The Kier molecular flexibility index (Phi) is 6.06. The van der Waals surface area contributed by atoms with Crippen LogP contribution in [0.5, 0.6) is 5.75 Å². The summed E-state index contributed by atoms with van der Waals surface area (Å²) in [7, 11) is 4.97. The number of thiazole rings is 1. The van der Waals surface area contributed by atoms with Crippen LogP contribution >= 0.6 is 11.3 Å². The molecule has 2 aliphatic rings. The quantitative estimate of drug-likeness (QED) is 0.586. The molecule has 0 aliphatic carbocycles. The van der Waals surface area contributed by atoms with E-state index in [9.17, 15) is 14.4 Å². The lowest BCUT2D eigenvalue weighted by Gasteiger charge is -2.45. The molecule has 0 saturated carbocycles. The van der Waals surface area contributed by atoms with E-state index in [1.54, 1.807) is 33.3 Å². The van der Waals surface area contributed by atoms with Gasteiger partial charge in [0.05, 0.1) is 28.7 Å². The molecule has 10 heteroatoms. The first-order valence-corrected chi connectivity index (χ1v) is 12.4. The molecule has 0 spiro atoms. The van der Waals surface area contributed by atoms with Crippen LogP contribution in [-0.2, 0) is 9.59 Å². The maximum absolute atomic E-state index is 13.5. The van der Waals surface area contributed by atoms with Gasteiger partial charge < -0.3 is 19.9 Å². The Morgan fingerprint density at radius 3 is 2.77 bits per heavy atom. The summed E-state index contributed by atoms with van der Waals surface area (Å²) in [5, 5.41) is 3.30. The second kappa shape index (κ2) is 9.18. The Bertz CT molecular complexity index is 1320. The first-order chi connectivity index (χ1) is 16.9. The number of fused-ring (bicyclic) bond motifs is 4. The van der Waals surface area contributed by atoms with Crippen LogP contribution in [0.2, 0.25) is 0 Å². The second-order valence-corrected chi connectivity index (χ2v) is 9.96. The van der Waals surface area contributed by atoms with E-state index in [1.165, 1.54) is 21.1 Å². The second-order valence-electron chi connectivity index (χ2n) is 8.93. The average molecular weight is 494 g/mol. The lowest BCUT2D eigenvalue weighted by Crippen LogP contribution is -2.56. The normalized spacial score (nSPS) is 17.1. The van der Waals surface area contributed by atoms with Gasteiger partial charge >= 0.3 is 0 Å². The highest BCUT2D eigenvalue weighted by atomic mass is 32.1. The molecule has 182 valence electrons. The van der Waals surface area contributed by atoms with Gasteiger partial charge in [0.1, 0.15) is 18.3 Å². The van der Waals surface area contributed by atoms with Gasteiger partial charge in [-0.25, -0.2) is 4.98 Å². The van der Waals surface area contributed by atoms with Gasteiger partial charge in [0.15, 0.2) is 5.13 Å². The molecule has 35 heavy (non-hydrogen) atoms. The minimum atomic E-state index is -0.344. The number of carbonyl (C=O) groups excluding carboxylic acids is 3. The summed E-state index contributed by atoms with van der Waals surface area (Å²) in [6.07, 6.45) is 2.72. The number of carbonyl (C=O) groups is 3. The monoisotopic (exact) mass is 493 g/mol. The van der Waals surface area contributed by atoms with Gasteiger partial charge in [-0.3, -0.25) is 19.3 Å². The summed E-state index contributed by atoms with van der Waals surface area (Å²) in [4.78, 5) is 48.8. The van der Waals surface area contributed by atoms with Crippen LogP contribution in [0.3, 0.4) is 0 Å². The third-order valence-corrected chi connectivity index (χ3v) is 7.36. The predicted molar refractivity (Wildman–Crippen MR) is 137 cm³/mol. The average Bonchev–Trinajstić information content (AvgIpc) is 3.26. The molecule has 1 atom stereocenters. The van der Waals surface area contributed by atoms with Crippen LogP contribution < -0.4 is 19.9 Å². The van der Waals surface area contributed by atoms with Crippen molar-refractivity contribution in [3.63, 3.8) is 0 Å². The molecule has 1 N–H and O–H groups in total.